The lowest BCUT2D eigenvalue weighted by Crippen LogP contribution is -2.28. The zero-order valence-electron chi connectivity index (χ0n) is 11.2. The van der Waals surface area contributed by atoms with Crippen molar-refractivity contribution in [3.8, 4) is 0 Å². The van der Waals surface area contributed by atoms with Crippen LogP contribution < -0.4 is 11.1 Å². The van der Waals surface area contributed by atoms with E-state index in [1.807, 2.05) is 6.07 Å². The number of amides is 1. The molecule has 2 aromatic heterocycles. The number of nitrogens with zero attached hydrogens (tertiary/aromatic N) is 2. The summed E-state index contributed by atoms with van der Waals surface area (Å²) in [7, 11) is 0. The van der Waals surface area contributed by atoms with Gasteiger partial charge in [0, 0.05) is 36.4 Å². The van der Waals surface area contributed by atoms with Gasteiger partial charge in [0.1, 0.15) is 0 Å². The molecule has 1 saturated carbocycles. The summed E-state index contributed by atoms with van der Waals surface area (Å²) in [5.41, 5.74) is 7.60. The summed E-state index contributed by atoms with van der Waals surface area (Å²) in [6, 6.07) is 3.80. The third-order valence-electron chi connectivity index (χ3n) is 3.98. The van der Waals surface area contributed by atoms with Crippen molar-refractivity contribution in [1.29, 1.82) is 0 Å². The Kier molecular flexibility index (Phi) is 3.60. The number of pyridine rings is 2. The second-order valence-corrected chi connectivity index (χ2v) is 5.36. The summed E-state index contributed by atoms with van der Waals surface area (Å²) in [5.74, 6) is 0.324. The molecular formula is C15H18N4O. The molecule has 3 rings (SSSR count). The highest BCUT2D eigenvalue weighted by atomic mass is 16.1. The number of carbonyl (C=O) groups excluding carboxylic acids is 1. The molecule has 104 valence electrons. The molecule has 0 bridgehead atoms. The Balaban J connectivity index is 1.74. The van der Waals surface area contributed by atoms with E-state index in [0.29, 0.717) is 12.3 Å². The summed E-state index contributed by atoms with van der Waals surface area (Å²) in [4.78, 5) is 20.5. The fourth-order valence-electron chi connectivity index (χ4n) is 2.86. The van der Waals surface area contributed by atoms with Gasteiger partial charge in [-0.05, 0) is 30.9 Å². The van der Waals surface area contributed by atoms with Gasteiger partial charge in [0.25, 0.3) is 0 Å². The van der Waals surface area contributed by atoms with E-state index in [1.165, 1.54) is 0 Å². The molecule has 0 spiro atoms. The van der Waals surface area contributed by atoms with E-state index in [4.69, 9.17) is 5.73 Å². The topological polar surface area (TPSA) is 80.9 Å². The van der Waals surface area contributed by atoms with Crippen LogP contribution in [0.1, 0.15) is 25.7 Å². The molecule has 5 nitrogen and oxygen atoms in total. The first-order chi connectivity index (χ1) is 9.74. The lowest BCUT2D eigenvalue weighted by atomic mass is 10.00. The van der Waals surface area contributed by atoms with Gasteiger partial charge in [0.15, 0.2) is 0 Å². The van der Waals surface area contributed by atoms with Crippen molar-refractivity contribution in [1.82, 2.24) is 9.97 Å². The average molecular weight is 270 g/mol. The van der Waals surface area contributed by atoms with Crippen LogP contribution in [0, 0.1) is 5.92 Å². The second-order valence-electron chi connectivity index (χ2n) is 5.36. The third kappa shape index (κ3) is 2.63. The maximum atomic E-state index is 12.2. The molecule has 0 aromatic carbocycles. The van der Waals surface area contributed by atoms with Crippen molar-refractivity contribution < 1.29 is 4.79 Å². The fraction of sp³-hybridized carbons (Fsp3) is 0.400. The van der Waals surface area contributed by atoms with Crippen LogP contribution in [-0.2, 0) is 4.79 Å². The predicted octanol–water partition coefficient (Wildman–Crippen LogP) is 2.09. The second kappa shape index (κ2) is 5.54. The van der Waals surface area contributed by atoms with Crippen molar-refractivity contribution in [3.63, 3.8) is 0 Å². The Bertz CT molecular complexity index is 623. The molecule has 0 saturated heterocycles. The number of hydrogen-bond donors (Lipinski definition) is 2. The summed E-state index contributed by atoms with van der Waals surface area (Å²) < 4.78 is 0. The number of rotatable bonds is 3. The first kappa shape index (κ1) is 13.0. The quantitative estimate of drug-likeness (QED) is 0.894. The lowest BCUT2D eigenvalue weighted by Gasteiger charge is -2.15. The number of hydrogen-bond acceptors (Lipinski definition) is 4. The van der Waals surface area contributed by atoms with E-state index in [-0.39, 0.29) is 11.9 Å². The van der Waals surface area contributed by atoms with Crippen LogP contribution in [-0.4, -0.2) is 21.9 Å². The monoisotopic (exact) mass is 270 g/mol. The number of anilines is 1. The Morgan fingerprint density at radius 2 is 2.25 bits per heavy atom. The molecule has 5 heteroatoms. The molecule has 2 atom stereocenters. The molecule has 20 heavy (non-hydrogen) atoms. The summed E-state index contributed by atoms with van der Waals surface area (Å²) in [6.45, 7) is 0. The molecule has 1 aliphatic carbocycles. The van der Waals surface area contributed by atoms with E-state index < -0.39 is 0 Å². The van der Waals surface area contributed by atoms with Gasteiger partial charge in [0.05, 0.1) is 11.2 Å². The normalized spacial score (nSPS) is 22.1. The van der Waals surface area contributed by atoms with Crippen molar-refractivity contribution in [3.05, 3.63) is 30.7 Å². The number of nitrogens with two attached hydrogens (primary N) is 1. The first-order valence-corrected chi connectivity index (χ1v) is 6.98. The van der Waals surface area contributed by atoms with E-state index in [0.717, 1.165) is 35.9 Å². The Morgan fingerprint density at radius 3 is 3.05 bits per heavy atom. The van der Waals surface area contributed by atoms with Gasteiger partial charge in [-0.25, -0.2) is 0 Å². The fourth-order valence-corrected chi connectivity index (χ4v) is 2.86. The maximum absolute atomic E-state index is 12.2. The maximum Gasteiger partial charge on any atom is 0.224 e. The van der Waals surface area contributed by atoms with E-state index in [9.17, 15) is 4.79 Å². The largest absolute Gasteiger partial charge is 0.327 e. The Hall–Kier alpha value is -2.01. The highest BCUT2D eigenvalue weighted by Crippen LogP contribution is 2.27. The van der Waals surface area contributed by atoms with Crippen LogP contribution in [0.25, 0.3) is 10.9 Å². The molecule has 0 radical (unpaired) electrons. The van der Waals surface area contributed by atoms with Crippen LogP contribution >= 0.6 is 0 Å². The average Bonchev–Trinajstić information content (AvgIpc) is 2.85. The van der Waals surface area contributed by atoms with Gasteiger partial charge < -0.3 is 11.1 Å². The van der Waals surface area contributed by atoms with Gasteiger partial charge in [-0.3, -0.25) is 14.8 Å². The van der Waals surface area contributed by atoms with Crippen LogP contribution in [0.4, 0.5) is 5.69 Å². The van der Waals surface area contributed by atoms with Gasteiger partial charge in [0.2, 0.25) is 5.91 Å². The smallest absolute Gasteiger partial charge is 0.224 e. The Morgan fingerprint density at radius 1 is 1.35 bits per heavy atom. The van der Waals surface area contributed by atoms with Gasteiger partial charge in [-0.1, -0.05) is 6.42 Å². The first-order valence-electron chi connectivity index (χ1n) is 6.98. The van der Waals surface area contributed by atoms with Gasteiger partial charge >= 0.3 is 0 Å². The summed E-state index contributed by atoms with van der Waals surface area (Å²) in [6.07, 6.45) is 8.80. The van der Waals surface area contributed by atoms with E-state index >= 15 is 0 Å². The van der Waals surface area contributed by atoms with Crippen LogP contribution in [0.3, 0.4) is 0 Å². The SMILES string of the molecule is N[C@@H]1CCC[C@H]1CC(=O)Nc1ccnc2ccncc12. The minimum atomic E-state index is 0.0173. The number of nitrogens with one attached hydrogen (secondary N) is 1. The molecule has 1 fully saturated rings. The minimum Gasteiger partial charge on any atom is -0.327 e. The number of aromatic nitrogens is 2. The lowest BCUT2D eigenvalue weighted by molar-refractivity contribution is -0.117. The van der Waals surface area contributed by atoms with Crippen LogP contribution in [0.2, 0.25) is 0 Å². The molecule has 2 aromatic rings. The van der Waals surface area contributed by atoms with E-state index in [2.05, 4.69) is 15.3 Å². The van der Waals surface area contributed by atoms with Crippen molar-refractivity contribution in [2.45, 2.75) is 31.7 Å². The van der Waals surface area contributed by atoms with E-state index in [1.54, 1.807) is 24.7 Å². The molecule has 0 aliphatic heterocycles. The van der Waals surface area contributed by atoms with Crippen molar-refractivity contribution >= 4 is 22.5 Å². The number of carbonyl (C=O) groups is 1. The molecule has 3 N–H and O–H groups in total. The van der Waals surface area contributed by atoms with Crippen molar-refractivity contribution in [2.24, 2.45) is 11.7 Å². The van der Waals surface area contributed by atoms with Gasteiger partial charge in [-0.15, -0.1) is 0 Å². The van der Waals surface area contributed by atoms with Crippen LogP contribution in [0.15, 0.2) is 30.7 Å². The highest BCUT2D eigenvalue weighted by molar-refractivity contribution is 6.00. The summed E-state index contributed by atoms with van der Waals surface area (Å²) >= 11 is 0. The van der Waals surface area contributed by atoms with Crippen molar-refractivity contribution in [2.75, 3.05) is 5.32 Å². The molecular weight excluding hydrogens is 252 g/mol. The Labute approximate surface area is 117 Å². The zero-order valence-corrected chi connectivity index (χ0v) is 11.2. The third-order valence-corrected chi connectivity index (χ3v) is 3.98. The highest BCUT2D eigenvalue weighted by Gasteiger charge is 2.26. The zero-order chi connectivity index (χ0) is 13.9. The standard InChI is InChI=1S/C15H18N4O/c16-12-3-1-2-10(12)8-15(20)19-14-5-7-18-13-4-6-17-9-11(13)14/h4-7,9-10,12H,1-3,8,16H2,(H,18,19,20)/t10-,12+/m0/s1. The van der Waals surface area contributed by atoms with Crippen LogP contribution in [0.5, 0.6) is 0 Å². The minimum absolute atomic E-state index is 0.0173. The van der Waals surface area contributed by atoms with Gasteiger partial charge in [-0.2, -0.15) is 0 Å². The summed E-state index contributed by atoms with van der Waals surface area (Å²) in [5, 5.41) is 3.82. The molecule has 1 aliphatic rings. The number of fused-ring (bicyclic) bond motifs is 1. The molecule has 2 heterocycles. The molecule has 0 unspecified atom stereocenters. The molecule has 1 amide bonds. The predicted molar refractivity (Wildman–Crippen MR) is 78.1 cm³/mol.